The zero-order chi connectivity index (χ0) is 21.4. The number of hydrogen-bond acceptors (Lipinski definition) is 5. The van der Waals surface area contributed by atoms with Gasteiger partial charge in [0.2, 0.25) is 10.0 Å². The Bertz CT molecular complexity index is 931. The van der Waals surface area contributed by atoms with Crippen molar-refractivity contribution in [3.63, 3.8) is 0 Å². The second-order valence-corrected chi connectivity index (χ2v) is 8.82. The van der Waals surface area contributed by atoms with Gasteiger partial charge in [-0.05, 0) is 35.7 Å². The van der Waals surface area contributed by atoms with Gasteiger partial charge in [0.15, 0.2) is 6.61 Å². The predicted octanol–water partition coefficient (Wildman–Crippen LogP) is 2.50. The van der Waals surface area contributed by atoms with E-state index >= 15 is 0 Å². The lowest BCUT2D eigenvalue weighted by Crippen LogP contribution is -2.46. The van der Waals surface area contributed by atoms with E-state index in [0.29, 0.717) is 5.02 Å². The van der Waals surface area contributed by atoms with Crippen molar-refractivity contribution in [1.29, 1.82) is 0 Å². The van der Waals surface area contributed by atoms with Crippen molar-refractivity contribution in [3.05, 3.63) is 65.2 Å². The second kappa shape index (κ2) is 10.4. The normalized spacial score (nSPS) is 12.4. The predicted molar refractivity (Wildman–Crippen MR) is 110 cm³/mol. The molecule has 0 aromatic heterocycles. The van der Waals surface area contributed by atoms with Gasteiger partial charge in [0.1, 0.15) is 6.04 Å². The molecule has 0 aliphatic rings. The number of hydrogen-bond donors (Lipinski definition) is 2. The monoisotopic (exact) mass is 438 g/mol. The summed E-state index contributed by atoms with van der Waals surface area (Å²) in [6.45, 7) is 3.10. The van der Waals surface area contributed by atoms with Gasteiger partial charge in [0, 0.05) is 11.6 Å². The Morgan fingerprint density at radius 1 is 1.03 bits per heavy atom. The van der Waals surface area contributed by atoms with Crippen LogP contribution < -0.4 is 10.0 Å². The summed E-state index contributed by atoms with van der Waals surface area (Å²) in [5.41, 5.74) is 0.838. The van der Waals surface area contributed by atoms with Gasteiger partial charge in [0.05, 0.1) is 4.90 Å². The molecule has 0 radical (unpaired) electrons. The highest BCUT2D eigenvalue weighted by Gasteiger charge is 2.30. The third-order valence-corrected chi connectivity index (χ3v) is 5.71. The molecule has 0 aliphatic heterocycles. The number of rotatable bonds is 9. The molecule has 0 saturated carbocycles. The van der Waals surface area contributed by atoms with Crippen molar-refractivity contribution in [2.45, 2.75) is 31.3 Å². The van der Waals surface area contributed by atoms with Gasteiger partial charge < -0.3 is 10.1 Å². The van der Waals surface area contributed by atoms with E-state index < -0.39 is 34.5 Å². The summed E-state index contributed by atoms with van der Waals surface area (Å²) in [6, 6.07) is 13.5. The van der Waals surface area contributed by atoms with Crippen LogP contribution in [-0.4, -0.2) is 32.9 Å². The largest absolute Gasteiger partial charge is 0.454 e. The number of benzene rings is 2. The molecule has 0 fully saturated rings. The average molecular weight is 439 g/mol. The lowest BCUT2D eigenvalue weighted by molar-refractivity contribution is -0.151. The van der Waals surface area contributed by atoms with E-state index in [1.165, 1.54) is 12.1 Å². The van der Waals surface area contributed by atoms with Crippen molar-refractivity contribution >= 4 is 33.5 Å². The number of nitrogens with one attached hydrogen (secondary N) is 2. The molecule has 0 aliphatic carbocycles. The first-order valence-electron chi connectivity index (χ1n) is 8.94. The molecular weight excluding hydrogens is 416 g/mol. The number of esters is 1. The smallest absolute Gasteiger partial charge is 0.324 e. The lowest BCUT2D eigenvalue weighted by Gasteiger charge is -2.20. The molecule has 0 unspecified atom stereocenters. The van der Waals surface area contributed by atoms with Crippen molar-refractivity contribution in [1.82, 2.24) is 10.0 Å². The van der Waals surface area contributed by atoms with Gasteiger partial charge in [-0.25, -0.2) is 8.42 Å². The van der Waals surface area contributed by atoms with Gasteiger partial charge >= 0.3 is 5.97 Å². The van der Waals surface area contributed by atoms with Gasteiger partial charge in [-0.15, -0.1) is 0 Å². The fraction of sp³-hybridized carbons (Fsp3) is 0.300. The second-order valence-electron chi connectivity index (χ2n) is 6.67. The van der Waals surface area contributed by atoms with Crippen LogP contribution in [0.5, 0.6) is 0 Å². The van der Waals surface area contributed by atoms with Crippen molar-refractivity contribution in [2.24, 2.45) is 5.92 Å². The van der Waals surface area contributed by atoms with Crippen LogP contribution >= 0.6 is 11.6 Å². The first-order chi connectivity index (χ1) is 13.7. The molecule has 1 atom stereocenters. The minimum absolute atomic E-state index is 0.0409. The van der Waals surface area contributed by atoms with Gasteiger partial charge in [-0.2, -0.15) is 4.72 Å². The van der Waals surface area contributed by atoms with Crippen LogP contribution in [0.25, 0.3) is 0 Å². The first-order valence-corrected chi connectivity index (χ1v) is 10.8. The Balaban J connectivity index is 1.90. The van der Waals surface area contributed by atoms with Crippen molar-refractivity contribution in [3.8, 4) is 0 Å². The highest BCUT2D eigenvalue weighted by Crippen LogP contribution is 2.12. The van der Waals surface area contributed by atoms with E-state index in [-0.39, 0.29) is 17.4 Å². The summed E-state index contributed by atoms with van der Waals surface area (Å²) in [6.07, 6.45) is 0. The molecular formula is C20H23ClN2O5S. The SMILES string of the molecule is CC(C)[C@@H](NS(=O)(=O)c1ccccc1)C(=O)OCC(=O)NCc1ccc(Cl)cc1. The van der Waals surface area contributed by atoms with Crippen LogP contribution in [0.4, 0.5) is 0 Å². The minimum atomic E-state index is -3.90. The molecule has 2 aromatic rings. The fourth-order valence-corrected chi connectivity index (χ4v) is 3.85. The molecule has 2 rings (SSSR count). The van der Waals surface area contributed by atoms with Crippen LogP contribution in [0.15, 0.2) is 59.5 Å². The molecule has 2 N–H and O–H groups in total. The molecule has 0 bridgehead atoms. The molecule has 0 heterocycles. The molecule has 29 heavy (non-hydrogen) atoms. The standard InChI is InChI=1S/C20H23ClN2O5S/c1-14(2)19(23-29(26,27)17-6-4-3-5-7-17)20(25)28-13-18(24)22-12-15-8-10-16(21)11-9-15/h3-11,14,19,23H,12-13H2,1-2H3,(H,22,24)/t19-/m1/s1. The Kier molecular flexibility index (Phi) is 8.19. The van der Waals surface area contributed by atoms with Gasteiger partial charge in [0.25, 0.3) is 5.91 Å². The number of carbonyl (C=O) groups excluding carboxylic acids is 2. The highest BCUT2D eigenvalue weighted by molar-refractivity contribution is 7.89. The van der Waals surface area contributed by atoms with Gasteiger partial charge in [-0.3, -0.25) is 9.59 Å². The maximum Gasteiger partial charge on any atom is 0.324 e. The summed E-state index contributed by atoms with van der Waals surface area (Å²) >= 11 is 5.81. The van der Waals surface area contributed by atoms with Crippen LogP contribution in [0.3, 0.4) is 0 Å². The van der Waals surface area contributed by atoms with E-state index in [4.69, 9.17) is 16.3 Å². The number of halogens is 1. The summed E-state index contributed by atoms with van der Waals surface area (Å²) in [5, 5.41) is 3.21. The third-order valence-electron chi connectivity index (χ3n) is 4.00. The summed E-state index contributed by atoms with van der Waals surface area (Å²) in [7, 11) is -3.90. The van der Waals surface area contributed by atoms with E-state index in [1.807, 2.05) is 0 Å². The molecule has 2 aromatic carbocycles. The van der Waals surface area contributed by atoms with E-state index in [1.54, 1.807) is 56.3 Å². The Hall–Kier alpha value is -2.42. The van der Waals surface area contributed by atoms with Crippen LogP contribution in [-0.2, 0) is 30.9 Å². The fourth-order valence-electron chi connectivity index (χ4n) is 2.37. The van der Waals surface area contributed by atoms with E-state index in [9.17, 15) is 18.0 Å². The third kappa shape index (κ3) is 7.16. The zero-order valence-electron chi connectivity index (χ0n) is 16.1. The zero-order valence-corrected chi connectivity index (χ0v) is 17.7. The average Bonchev–Trinajstić information content (AvgIpc) is 2.70. The maximum absolute atomic E-state index is 12.5. The van der Waals surface area contributed by atoms with Gasteiger partial charge in [-0.1, -0.05) is 55.8 Å². The number of sulfonamides is 1. The summed E-state index contributed by atoms with van der Waals surface area (Å²) in [5.74, 6) is -1.69. The number of ether oxygens (including phenoxy) is 1. The first kappa shape index (κ1) is 22.9. The number of carbonyl (C=O) groups is 2. The molecule has 1 amide bonds. The maximum atomic E-state index is 12.5. The Morgan fingerprint density at radius 2 is 1.66 bits per heavy atom. The van der Waals surface area contributed by atoms with Crippen molar-refractivity contribution < 1.29 is 22.7 Å². The van der Waals surface area contributed by atoms with Crippen molar-refractivity contribution in [2.75, 3.05) is 6.61 Å². The molecule has 156 valence electrons. The van der Waals surface area contributed by atoms with E-state index in [2.05, 4.69) is 10.0 Å². The summed E-state index contributed by atoms with van der Waals surface area (Å²) < 4.78 is 32.3. The minimum Gasteiger partial charge on any atom is -0.454 e. The molecule has 0 saturated heterocycles. The van der Waals surface area contributed by atoms with E-state index in [0.717, 1.165) is 5.56 Å². The van der Waals surface area contributed by atoms with Crippen LogP contribution in [0.2, 0.25) is 5.02 Å². The number of amides is 1. The molecule has 0 spiro atoms. The lowest BCUT2D eigenvalue weighted by atomic mass is 10.1. The Labute approximate surface area is 175 Å². The van der Waals surface area contributed by atoms with Crippen LogP contribution in [0, 0.1) is 5.92 Å². The topological polar surface area (TPSA) is 102 Å². The quantitative estimate of drug-likeness (QED) is 0.586. The highest BCUT2D eigenvalue weighted by atomic mass is 35.5. The summed E-state index contributed by atoms with van der Waals surface area (Å²) in [4.78, 5) is 24.3. The Morgan fingerprint density at radius 3 is 2.24 bits per heavy atom. The molecule has 9 heteroatoms. The molecule has 7 nitrogen and oxygen atoms in total. The van der Waals surface area contributed by atoms with Crippen LogP contribution in [0.1, 0.15) is 19.4 Å².